The van der Waals surface area contributed by atoms with Crippen molar-refractivity contribution >= 4 is 49.0 Å². The molecule has 0 fully saturated rings. The Hall–Kier alpha value is -0.900. The fraction of sp³-hybridized carbons (Fsp3) is 0.125. The Balaban J connectivity index is 1.86. The van der Waals surface area contributed by atoms with E-state index < -0.39 is 0 Å². The molecule has 0 aliphatic carbocycles. The van der Waals surface area contributed by atoms with Gasteiger partial charge in [-0.3, -0.25) is 0 Å². The van der Waals surface area contributed by atoms with Gasteiger partial charge in [0, 0.05) is 14.0 Å². The van der Waals surface area contributed by atoms with Crippen LogP contribution < -0.4 is 0 Å². The first-order valence-electron chi connectivity index (χ1n) is 6.19. The van der Waals surface area contributed by atoms with E-state index in [1.807, 2.05) is 12.1 Å². The molecule has 0 amide bonds. The second-order valence-electron chi connectivity index (χ2n) is 4.63. The molecule has 20 heavy (non-hydrogen) atoms. The standard InChI is InChI=1S/C16H11BrClFS/c17-12-3-1-2-10(6-12)7-14(18)16-8-11-4-5-13(19)9-15(11)20-16/h1-6,8-9,14H,7H2. The Labute approximate surface area is 134 Å². The van der Waals surface area contributed by atoms with Crippen LogP contribution >= 0.6 is 38.9 Å². The molecule has 1 heterocycles. The first-order chi connectivity index (χ1) is 9.61. The SMILES string of the molecule is Fc1ccc2cc(C(Cl)Cc3cccc(Br)c3)sc2c1. The summed E-state index contributed by atoms with van der Waals surface area (Å²) in [5.74, 6) is -0.205. The summed E-state index contributed by atoms with van der Waals surface area (Å²) in [6.45, 7) is 0. The third-order valence-corrected chi connectivity index (χ3v) is 5.34. The molecule has 0 bridgehead atoms. The summed E-state index contributed by atoms with van der Waals surface area (Å²) in [6.07, 6.45) is 0.760. The lowest BCUT2D eigenvalue weighted by atomic mass is 10.1. The molecule has 3 aromatic rings. The summed E-state index contributed by atoms with van der Waals surface area (Å²) in [5.41, 5.74) is 1.18. The number of halogens is 3. The van der Waals surface area contributed by atoms with Crippen LogP contribution in [0.3, 0.4) is 0 Å². The fourth-order valence-corrected chi connectivity index (χ4v) is 4.04. The third-order valence-electron chi connectivity index (χ3n) is 3.11. The van der Waals surface area contributed by atoms with Crippen LogP contribution in [0.4, 0.5) is 4.39 Å². The number of thiophene rings is 1. The number of fused-ring (bicyclic) bond motifs is 1. The van der Waals surface area contributed by atoms with Crippen molar-refractivity contribution in [3.05, 3.63) is 69.3 Å². The van der Waals surface area contributed by atoms with Gasteiger partial charge in [0.1, 0.15) is 5.82 Å². The zero-order valence-electron chi connectivity index (χ0n) is 10.4. The zero-order chi connectivity index (χ0) is 14.1. The van der Waals surface area contributed by atoms with Crippen LogP contribution in [0.1, 0.15) is 15.8 Å². The van der Waals surface area contributed by atoms with Gasteiger partial charge in [0.05, 0.1) is 5.38 Å². The summed E-state index contributed by atoms with van der Waals surface area (Å²) >= 11 is 11.5. The lowest BCUT2D eigenvalue weighted by Gasteiger charge is -2.07. The Kier molecular flexibility index (Phi) is 4.11. The molecule has 3 rings (SSSR count). The van der Waals surface area contributed by atoms with Crippen LogP contribution in [0.25, 0.3) is 10.1 Å². The maximum atomic E-state index is 13.2. The van der Waals surface area contributed by atoms with Gasteiger partial charge < -0.3 is 0 Å². The van der Waals surface area contributed by atoms with Gasteiger partial charge in [-0.05, 0) is 47.7 Å². The Morgan fingerprint density at radius 1 is 1.15 bits per heavy atom. The summed E-state index contributed by atoms with van der Waals surface area (Å²) in [7, 11) is 0. The highest BCUT2D eigenvalue weighted by Gasteiger charge is 2.13. The molecule has 0 saturated carbocycles. The number of benzene rings is 2. The normalized spacial score (nSPS) is 12.8. The van der Waals surface area contributed by atoms with Crippen molar-refractivity contribution in [3.8, 4) is 0 Å². The topological polar surface area (TPSA) is 0 Å². The maximum absolute atomic E-state index is 13.2. The van der Waals surface area contributed by atoms with E-state index >= 15 is 0 Å². The number of hydrogen-bond acceptors (Lipinski definition) is 1. The summed E-state index contributed by atoms with van der Waals surface area (Å²) < 4.78 is 15.2. The van der Waals surface area contributed by atoms with E-state index in [0.717, 1.165) is 25.9 Å². The van der Waals surface area contributed by atoms with Crippen molar-refractivity contribution in [2.75, 3.05) is 0 Å². The lowest BCUT2D eigenvalue weighted by Crippen LogP contribution is -1.93. The average molecular weight is 370 g/mol. The quantitative estimate of drug-likeness (QED) is 0.473. The van der Waals surface area contributed by atoms with Gasteiger partial charge in [-0.15, -0.1) is 22.9 Å². The van der Waals surface area contributed by atoms with E-state index in [-0.39, 0.29) is 11.2 Å². The predicted molar refractivity (Wildman–Crippen MR) is 88.2 cm³/mol. The number of hydrogen-bond donors (Lipinski definition) is 0. The van der Waals surface area contributed by atoms with Crippen molar-refractivity contribution in [1.82, 2.24) is 0 Å². The van der Waals surface area contributed by atoms with Gasteiger partial charge in [-0.25, -0.2) is 4.39 Å². The fourth-order valence-electron chi connectivity index (χ4n) is 2.15. The van der Waals surface area contributed by atoms with Gasteiger partial charge >= 0.3 is 0 Å². The van der Waals surface area contributed by atoms with Gasteiger partial charge in [-0.1, -0.05) is 34.1 Å². The van der Waals surface area contributed by atoms with Gasteiger partial charge in [0.25, 0.3) is 0 Å². The Bertz CT molecular complexity index is 753. The van der Waals surface area contributed by atoms with Crippen molar-refractivity contribution in [2.45, 2.75) is 11.8 Å². The second-order valence-corrected chi connectivity index (χ2v) is 7.19. The molecule has 1 aromatic heterocycles. The third kappa shape index (κ3) is 3.05. The molecular weight excluding hydrogens is 359 g/mol. The largest absolute Gasteiger partial charge is 0.207 e. The first-order valence-corrected chi connectivity index (χ1v) is 8.24. The Morgan fingerprint density at radius 2 is 2.00 bits per heavy atom. The van der Waals surface area contributed by atoms with E-state index in [9.17, 15) is 4.39 Å². The van der Waals surface area contributed by atoms with E-state index in [1.165, 1.54) is 11.6 Å². The zero-order valence-corrected chi connectivity index (χ0v) is 13.6. The number of alkyl halides is 1. The minimum Gasteiger partial charge on any atom is -0.207 e. The molecule has 0 radical (unpaired) electrons. The highest BCUT2D eigenvalue weighted by Crippen LogP contribution is 2.35. The molecule has 0 aliphatic heterocycles. The van der Waals surface area contributed by atoms with E-state index in [4.69, 9.17) is 11.6 Å². The molecule has 2 aromatic carbocycles. The molecule has 0 spiro atoms. The van der Waals surface area contributed by atoms with Crippen LogP contribution in [0.5, 0.6) is 0 Å². The van der Waals surface area contributed by atoms with E-state index in [1.54, 1.807) is 23.5 Å². The minimum absolute atomic E-state index is 0.0928. The van der Waals surface area contributed by atoms with E-state index in [0.29, 0.717) is 0 Å². The highest BCUT2D eigenvalue weighted by molar-refractivity contribution is 9.10. The van der Waals surface area contributed by atoms with E-state index in [2.05, 4.69) is 34.1 Å². The van der Waals surface area contributed by atoms with Crippen molar-refractivity contribution in [3.63, 3.8) is 0 Å². The summed E-state index contributed by atoms with van der Waals surface area (Å²) in [5, 5.41) is 0.955. The van der Waals surface area contributed by atoms with Crippen LogP contribution in [-0.4, -0.2) is 0 Å². The Morgan fingerprint density at radius 3 is 2.80 bits per heavy atom. The van der Waals surface area contributed by atoms with Crippen LogP contribution in [-0.2, 0) is 6.42 Å². The average Bonchev–Trinajstić information content (AvgIpc) is 2.81. The molecule has 1 unspecified atom stereocenters. The molecule has 0 nitrogen and oxygen atoms in total. The summed E-state index contributed by atoms with van der Waals surface area (Å²) in [6, 6.07) is 15.0. The monoisotopic (exact) mass is 368 g/mol. The van der Waals surface area contributed by atoms with Gasteiger partial charge in [0.15, 0.2) is 0 Å². The highest BCUT2D eigenvalue weighted by atomic mass is 79.9. The maximum Gasteiger partial charge on any atom is 0.124 e. The molecule has 0 saturated heterocycles. The molecule has 0 aliphatic rings. The lowest BCUT2D eigenvalue weighted by molar-refractivity contribution is 0.630. The van der Waals surface area contributed by atoms with Gasteiger partial charge in [-0.2, -0.15) is 0 Å². The molecule has 4 heteroatoms. The summed E-state index contributed by atoms with van der Waals surface area (Å²) in [4.78, 5) is 1.08. The van der Waals surface area contributed by atoms with Crippen molar-refractivity contribution < 1.29 is 4.39 Å². The predicted octanol–water partition coefficient (Wildman–Crippen LogP) is 6.33. The second kappa shape index (κ2) is 5.84. The van der Waals surface area contributed by atoms with Crippen LogP contribution in [0.2, 0.25) is 0 Å². The van der Waals surface area contributed by atoms with Gasteiger partial charge in [0.2, 0.25) is 0 Å². The van der Waals surface area contributed by atoms with Crippen LogP contribution in [0.15, 0.2) is 53.0 Å². The smallest absolute Gasteiger partial charge is 0.124 e. The molecule has 102 valence electrons. The first kappa shape index (κ1) is 14.1. The molecular formula is C16H11BrClFS. The molecule has 1 atom stereocenters. The molecule has 0 N–H and O–H groups in total. The van der Waals surface area contributed by atoms with Crippen LogP contribution in [0, 0.1) is 5.82 Å². The number of rotatable bonds is 3. The minimum atomic E-state index is -0.205. The van der Waals surface area contributed by atoms with Crippen molar-refractivity contribution in [1.29, 1.82) is 0 Å². The van der Waals surface area contributed by atoms with Crippen molar-refractivity contribution in [2.24, 2.45) is 0 Å².